The highest BCUT2D eigenvalue weighted by atomic mass is 35.5. The van der Waals surface area contributed by atoms with Crippen molar-refractivity contribution in [3.63, 3.8) is 0 Å². The third-order valence-corrected chi connectivity index (χ3v) is 4.76. The topological polar surface area (TPSA) is 43.6 Å². The molecule has 0 saturated heterocycles. The number of fused-ring (bicyclic) bond motifs is 1. The van der Waals surface area contributed by atoms with Gasteiger partial charge in [0.05, 0.1) is 11.4 Å². The Bertz CT molecular complexity index is 790. The standard InChI is InChI=1S/C15H17ClN4S/c1-8-5-12-14(17-6-8)20(13(19-12)10(3)16)11(4)15-18-9(2)7-21-15/h5-7,10-11H,1-4H3. The van der Waals surface area contributed by atoms with E-state index in [1.807, 2.05) is 33.0 Å². The smallest absolute Gasteiger partial charge is 0.160 e. The minimum Gasteiger partial charge on any atom is -0.302 e. The molecular formula is C15H17ClN4S. The summed E-state index contributed by atoms with van der Waals surface area (Å²) in [6, 6.07) is 2.11. The van der Waals surface area contributed by atoms with Crippen molar-refractivity contribution in [3.05, 3.63) is 39.7 Å². The number of rotatable bonds is 3. The zero-order valence-electron chi connectivity index (χ0n) is 12.5. The molecule has 3 rings (SSSR count). The van der Waals surface area contributed by atoms with E-state index >= 15 is 0 Å². The van der Waals surface area contributed by atoms with E-state index in [2.05, 4.69) is 31.8 Å². The maximum absolute atomic E-state index is 6.33. The van der Waals surface area contributed by atoms with Crippen LogP contribution in [0.15, 0.2) is 17.6 Å². The lowest BCUT2D eigenvalue weighted by atomic mass is 10.3. The number of thiazole rings is 1. The van der Waals surface area contributed by atoms with Crippen molar-refractivity contribution in [2.75, 3.05) is 0 Å². The SMILES string of the molecule is Cc1cnc2c(c1)nc(C(C)Cl)n2C(C)c1nc(C)cs1. The molecule has 0 bridgehead atoms. The van der Waals surface area contributed by atoms with Crippen LogP contribution >= 0.6 is 22.9 Å². The number of imidazole rings is 1. The van der Waals surface area contributed by atoms with Crippen LogP contribution in [-0.4, -0.2) is 19.5 Å². The zero-order valence-corrected chi connectivity index (χ0v) is 14.0. The van der Waals surface area contributed by atoms with Gasteiger partial charge in [-0.15, -0.1) is 22.9 Å². The Morgan fingerprint density at radius 3 is 2.62 bits per heavy atom. The van der Waals surface area contributed by atoms with Gasteiger partial charge in [0.2, 0.25) is 0 Å². The minimum atomic E-state index is -0.178. The largest absolute Gasteiger partial charge is 0.302 e. The average molecular weight is 321 g/mol. The number of aromatic nitrogens is 4. The molecule has 0 aliphatic carbocycles. The quantitative estimate of drug-likeness (QED) is 0.671. The molecule has 2 unspecified atom stereocenters. The Balaban J connectivity index is 2.21. The van der Waals surface area contributed by atoms with Gasteiger partial charge >= 0.3 is 0 Å². The van der Waals surface area contributed by atoms with E-state index in [0.717, 1.165) is 33.3 Å². The maximum Gasteiger partial charge on any atom is 0.160 e. The van der Waals surface area contributed by atoms with Crippen LogP contribution in [-0.2, 0) is 0 Å². The summed E-state index contributed by atoms with van der Waals surface area (Å²) in [6.07, 6.45) is 1.86. The molecule has 3 aromatic heterocycles. The van der Waals surface area contributed by atoms with Crippen molar-refractivity contribution in [3.8, 4) is 0 Å². The Kier molecular flexibility index (Phi) is 3.71. The summed E-state index contributed by atoms with van der Waals surface area (Å²) in [5.74, 6) is 0.838. The number of hydrogen-bond acceptors (Lipinski definition) is 4. The van der Waals surface area contributed by atoms with Crippen LogP contribution in [0.1, 0.15) is 47.4 Å². The highest BCUT2D eigenvalue weighted by Gasteiger charge is 2.22. The molecule has 0 N–H and O–H groups in total. The van der Waals surface area contributed by atoms with Gasteiger partial charge < -0.3 is 4.57 Å². The molecule has 0 amide bonds. The number of hydrogen-bond donors (Lipinski definition) is 0. The van der Waals surface area contributed by atoms with Crippen molar-refractivity contribution in [1.82, 2.24) is 19.5 Å². The lowest BCUT2D eigenvalue weighted by Crippen LogP contribution is -2.11. The predicted molar refractivity (Wildman–Crippen MR) is 87.2 cm³/mol. The van der Waals surface area contributed by atoms with E-state index in [4.69, 9.17) is 11.6 Å². The van der Waals surface area contributed by atoms with Crippen LogP contribution in [0.2, 0.25) is 0 Å². The second-order valence-corrected chi connectivity index (χ2v) is 6.86. The molecule has 0 radical (unpaired) electrons. The van der Waals surface area contributed by atoms with Crippen LogP contribution in [0.5, 0.6) is 0 Å². The van der Waals surface area contributed by atoms with Gasteiger partial charge in [0.15, 0.2) is 5.65 Å². The highest BCUT2D eigenvalue weighted by molar-refractivity contribution is 7.09. The fraction of sp³-hybridized carbons (Fsp3) is 0.400. The van der Waals surface area contributed by atoms with Gasteiger partial charge in [-0.2, -0.15) is 0 Å². The molecule has 4 nitrogen and oxygen atoms in total. The lowest BCUT2D eigenvalue weighted by Gasteiger charge is -2.16. The van der Waals surface area contributed by atoms with Crippen molar-refractivity contribution in [2.24, 2.45) is 0 Å². The zero-order chi connectivity index (χ0) is 15.1. The molecule has 0 fully saturated rings. The number of pyridine rings is 1. The fourth-order valence-corrected chi connectivity index (χ4v) is 3.43. The van der Waals surface area contributed by atoms with Crippen molar-refractivity contribution in [2.45, 2.75) is 39.1 Å². The first-order chi connectivity index (χ1) is 9.97. The highest BCUT2D eigenvalue weighted by Crippen LogP contribution is 2.31. The van der Waals surface area contributed by atoms with Gasteiger partial charge in [0.25, 0.3) is 0 Å². The molecule has 0 spiro atoms. The first kappa shape index (κ1) is 14.5. The monoisotopic (exact) mass is 320 g/mol. The molecule has 0 saturated carbocycles. The Morgan fingerprint density at radius 2 is 2.00 bits per heavy atom. The number of alkyl halides is 1. The van der Waals surface area contributed by atoms with Gasteiger partial charge in [0, 0.05) is 17.3 Å². The summed E-state index contributed by atoms with van der Waals surface area (Å²) in [7, 11) is 0. The van der Waals surface area contributed by atoms with Gasteiger partial charge in [-0.1, -0.05) is 0 Å². The summed E-state index contributed by atoms with van der Waals surface area (Å²) in [5, 5.41) is 2.93. The van der Waals surface area contributed by atoms with Gasteiger partial charge in [0.1, 0.15) is 16.3 Å². The van der Waals surface area contributed by atoms with Crippen molar-refractivity contribution in [1.29, 1.82) is 0 Å². The van der Waals surface area contributed by atoms with Crippen molar-refractivity contribution < 1.29 is 0 Å². The molecule has 3 aromatic rings. The molecule has 6 heteroatoms. The van der Waals surface area contributed by atoms with Crippen LogP contribution in [0.3, 0.4) is 0 Å². The average Bonchev–Trinajstić information content (AvgIpc) is 3.01. The number of halogens is 1. The summed E-state index contributed by atoms with van der Waals surface area (Å²) >= 11 is 7.99. The molecule has 3 heterocycles. The van der Waals surface area contributed by atoms with E-state index < -0.39 is 0 Å². The second kappa shape index (κ2) is 5.39. The molecule has 21 heavy (non-hydrogen) atoms. The van der Waals surface area contributed by atoms with E-state index in [0.29, 0.717) is 0 Å². The second-order valence-electron chi connectivity index (χ2n) is 5.31. The third-order valence-electron chi connectivity index (χ3n) is 3.43. The summed E-state index contributed by atoms with van der Waals surface area (Å²) in [6.45, 7) is 8.07. The first-order valence-electron chi connectivity index (χ1n) is 6.88. The molecule has 110 valence electrons. The van der Waals surface area contributed by atoms with Crippen LogP contribution in [0.25, 0.3) is 11.2 Å². The van der Waals surface area contributed by atoms with Gasteiger partial charge in [-0.3, -0.25) is 0 Å². The van der Waals surface area contributed by atoms with Crippen LogP contribution in [0, 0.1) is 13.8 Å². The maximum atomic E-state index is 6.33. The molecule has 0 aromatic carbocycles. The van der Waals surface area contributed by atoms with Crippen molar-refractivity contribution >= 4 is 34.1 Å². The predicted octanol–water partition coefficient (Wildman–Crippen LogP) is 4.41. The van der Waals surface area contributed by atoms with E-state index in [1.54, 1.807) is 11.3 Å². The summed E-state index contributed by atoms with van der Waals surface area (Å²) in [5.41, 5.74) is 3.88. The van der Waals surface area contributed by atoms with Crippen LogP contribution in [0.4, 0.5) is 0 Å². The summed E-state index contributed by atoms with van der Waals surface area (Å²) < 4.78 is 2.10. The Hall–Kier alpha value is -1.46. The van der Waals surface area contributed by atoms with E-state index in [1.165, 1.54) is 0 Å². The Labute approximate surface area is 132 Å². The molecule has 0 aliphatic rings. The minimum absolute atomic E-state index is 0.0695. The first-order valence-corrected chi connectivity index (χ1v) is 8.19. The van der Waals surface area contributed by atoms with Gasteiger partial charge in [-0.25, -0.2) is 15.0 Å². The van der Waals surface area contributed by atoms with E-state index in [9.17, 15) is 0 Å². The van der Waals surface area contributed by atoms with E-state index in [-0.39, 0.29) is 11.4 Å². The summed E-state index contributed by atoms with van der Waals surface area (Å²) in [4.78, 5) is 13.8. The normalized spacial score (nSPS) is 14.5. The number of aryl methyl sites for hydroxylation is 2. The molecular weight excluding hydrogens is 304 g/mol. The third kappa shape index (κ3) is 2.56. The van der Waals surface area contributed by atoms with Gasteiger partial charge in [-0.05, 0) is 39.3 Å². The van der Waals surface area contributed by atoms with Crippen LogP contribution < -0.4 is 0 Å². The molecule has 0 aliphatic heterocycles. The molecule has 2 atom stereocenters. The number of nitrogens with zero attached hydrogens (tertiary/aromatic N) is 4. The Morgan fingerprint density at radius 1 is 1.24 bits per heavy atom. The lowest BCUT2D eigenvalue weighted by molar-refractivity contribution is 0.609. The fourth-order valence-electron chi connectivity index (χ4n) is 2.44.